The van der Waals surface area contributed by atoms with Gasteiger partial charge in [-0.25, -0.2) is 4.98 Å². The molecule has 0 spiro atoms. The summed E-state index contributed by atoms with van der Waals surface area (Å²) in [6.07, 6.45) is -1.77. The molecule has 4 nitrogen and oxygen atoms in total. The first kappa shape index (κ1) is 12.1. The summed E-state index contributed by atoms with van der Waals surface area (Å²) < 4.78 is 38.2. The average molecular weight is 252 g/mol. The third kappa shape index (κ3) is 2.66. The second-order valence-corrected chi connectivity index (χ2v) is 3.56. The number of pyridine rings is 1. The van der Waals surface area contributed by atoms with E-state index in [4.69, 9.17) is 5.26 Å². The fraction of sp³-hybridized carbons (Fsp3) is 0.182. The van der Waals surface area contributed by atoms with Crippen molar-refractivity contribution in [1.29, 1.82) is 5.26 Å². The molecule has 0 saturated carbocycles. The molecule has 0 N–H and O–H groups in total. The van der Waals surface area contributed by atoms with E-state index < -0.39 is 11.9 Å². The third-order valence-electron chi connectivity index (χ3n) is 2.21. The van der Waals surface area contributed by atoms with Gasteiger partial charge in [0.1, 0.15) is 11.8 Å². The first-order valence-electron chi connectivity index (χ1n) is 4.95. The fourth-order valence-corrected chi connectivity index (χ4v) is 1.42. The molecule has 18 heavy (non-hydrogen) atoms. The molecule has 0 saturated heterocycles. The number of rotatable bonds is 2. The van der Waals surface area contributed by atoms with Crippen molar-refractivity contribution in [3.8, 4) is 6.07 Å². The molecule has 7 heteroatoms. The number of nitriles is 1. The maximum atomic E-state index is 12.3. The van der Waals surface area contributed by atoms with Crippen LogP contribution in [0.2, 0.25) is 0 Å². The van der Waals surface area contributed by atoms with Crippen molar-refractivity contribution in [1.82, 2.24) is 14.8 Å². The van der Waals surface area contributed by atoms with Crippen molar-refractivity contribution in [2.75, 3.05) is 0 Å². The molecule has 2 heterocycles. The molecule has 0 aliphatic rings. The van der Waals surface area contributed by atoms with Crippen LogP contribution < -0.4 is 0 Å². The molecule has 0 aromatic carbocycles. The van der Waals surface area contributed by atoms with Gasteiger partial charge in [0.15, 0.2) is 5.69 Å². The number of hydrogen-bond acceptors (Lipinski definition) is 3. The van der Waals surface area contributed by atoms with Crippen molar-refractivity contribution in [2.45, 2.75) is 12.7 Å². The molecule has 0 amide bonds. The van der Waals surface area contributed by atoms with E-state index in [9.17, 15) is 13.2 Å². The van der Waals surface area contributed by atoms with Gasteiger partial charge in [-0.3, -0.25) is 4.68 Å². The molecular formula is C11H7F3N4. The smallest absolute Gasteiger partial charge is 0.268 e. The fourth-order valence-electron chi connectivity index (χ4n) is 1.42. The molecule has 0 aliphatic carbocycles. The minimum atomic E-state index is -4.44. The van der Waals surface area contributed by atoms with Crippen molar-refractivity contribution in [3.63, 3.8) is 0 Å². The number of aromatic nitrogens is 3. The SMILES string of the molecule is N#Cc1cc(Cn2ccc(C(F)(F)F)n2)ccn1. The molecule has 0 fully saturated rings. The van der Waals surface area contributed by atoms with Crippen LogP contribution in [-0.4, -0.2) is 14.8 Å². The van der Waals surface area contributed by atoms with E-state index in [1.165, 1.54) is 23.1 Å². The molecular weight excluding hydrogens is 245 g/mol. The number of halogens is 3. The van der Waals surface area contributed by atoms with Gasteiger partial charge in [-0.15, -0.1) is 0 Å². The van der Waals surface area contributed by atoms with Gasteiger partial charge in [0.25, 0.3) is 0 Å². The highest BCUT2D eigenvalue weighted by molar-refractivity contribution is 5.25. The molecule has 2 rings (SSSR count). The Labute approximate surface area is 100 Å². The van der Waals surface area contributed by atoms with E-state index >= 15 is 0 Å². The molecule has 0 radical (unpaired) electrons. The molecule has 0 unspecified atom stereocenters. The predicted molar refractivity (Wildman–Crippen MR) is 55.3 cm³/mol. The Kier molecular flexibility index (Phi) is 3.02. The highest BCUT2D eigenvalue weighted by Gasteiger charge is 2.33. The first-order valence-corrected chi connectivity index (χ1v) is 4.95. The zero-order valence-electron chi connectivity index (χ0n) is 9.02. The normalized spacial score (nSPS) is 11.2. The molecule has 92 valence electrons. The van der Waals surface area contributed by atoms with Crippen LogP contribution in [0.25, 0.3) is 0 Å². The zero-order valence-corrected chi connectivity index (χ0v) is 9.02. The van der Waals surface area contributed by atoms with Gasteiger partial charge in [-0.2, -0.15) is 23.5 Å². The predicted octanol–water partition coefficient (Wildman–Crippen LogP) is 2.22. The highest BCUT2D eigenvalue weighted by atomic mass is 19.4. The van der Waals surface area contributed by atoms with Gasteiger partial charge in [0.2, 0.25) is 0 Å². The lowest BCUT2D eigenvalue weighted by Gasteiger charge is -2.03. The lowest BCUT2D eigenvalue weighted by molar-refractivity contribution is -0.141. The van der Waals surface area contributed by atoms with Crippen LogP contribution in [0.15, 0.2) is 30.6 Å². The summed E-state index contributed by atoms with van der Waals surface area (Å²) >= 11 is 0. The van der Waals surface area contributed by atoms with E-state index in [1.54, 1.807) is 6.07 Å². The Morgan fingerprint density at radius 3 is 2.72 bits per heavy atom. The maximum absolute atomic E-state index is 12.3. The standard InChI is InChI=1S/C11H7F3N4/c12-11(13,14)10-2-4-18(17-10)7-8-1-3-16-9(5-8)6-15/h1-5H,7H2. The van der Waals surface area contributed by atoms with Crippen molar-refractivity contribution in [3.05, 3.63) is 47.5 Å². The summed E-state index contributed by atoms with van der Waals surface area (Å²) in [4.78, 5) is 3.77. The van der Waals surface area contributed by atoms with Crippen molar-refractivity contribution in [2.24, 2.45) is 0 Å². The van der Waals surface area contributed by atoms with Gasteiger partial charge in [0, 0.05) is 12.4 Å². The topological polar surface area (TPSA) is 54.5 Å². The van der Waals surface area contributed by atoms with Crippen LogP contribution in [0.1, 0.15) is 17.0 Å². The van der Waals surface area contributed by atoms with Gasteiger partial charge in [0.05, 0.1) is 6.54 Å². The van der Waals surface area contributed by atoms with Gasteiger partial charge < -0.3 is 0 Å². The van der Waals surface area contributed by atoms with Gasteiger partial charge in [-0.1, -0.05) is 0 Å². The quantitative estimate of drug-likeness (QED) is 0.823. The Morgan fingerprint density at radius 1 is 1.33 bits per heavy atom. The zero-order chi connectivity index (χ0) is 13.2. The van der Waals surface area contributed by atoms with E-state index in [2.05, 4.69) is 10.1 Å². The minimum Gasteiger partial charge on any atom is -0.268 e. The van der Waals surface area contributed by atoms with Crippen LogP contribution in [0.5, 0.6) is 0 Å². The highest BCUT2D eigenvalue weighted by Crippen LogP contribution is 2.27. The van der Waals surface area contributed by atoms with Crippen LogP contribution >= 0.6 is 0 Å². The van der Waals surface area contributed by atoms with E-state index in [-0.39, 0.29) is 12.2 Å². The van der Waals surface area contributed by atoms with E-state index in [1.807, 2.05) is 6.07 Å². The largest absolute Gasteiger partial charge is 0.435 e. The van der Waals surface area contributed by atoms with Crippen LogP contribution in [0, 0.1) is 11.3 Å². The number of nitrogens with zero attached hydrogens (tertiary/aromatic N) is 4. The molecule has 2 aromatic heterocycles. The van der Waals surface area contributed by atoms with Crippen molar-refractivity contribution >= 4 is 0 Å². The Morgan fingerprint density at radius 2 is 2.11 bits per heavy atom. The van der Waals surface area contributed by atoms with E-state index in [0.717, 1.165) is 6.07 Å². The van der Waals surface area contributed by atoms with Gasteiger partial charge in [-0.05, 0) is 23.8 Å². The monoisotopic (exact) mass is 252 g/mol. The maximum Gasteiger partial charge on any atom is 0.435 e. The lowest BCUT2D eigenvalue weighted by atomic mass is 10.2. The summed E-state index contributed by atoms with van der Waals surface area (Å²) in [6, 6.07) is 5.90. The van der Waals surface area contributed by atoms with E-state index in [0.29, 0.717) is 5.56 Å². The molecule has 2 aromatic rings. The third-order valence-corrected chi connectivity index (χ3v) is 2.21. The summed E-state index contributed by atoms with van der Waals surface area (Å²) in [5.41, 5.74) is -0.0499. The minimum absolute atomic E-state index is 0.160. The Hall–Kier alpha value is -2.36. The Bertz CT molecular complexity index is 595. The van der Waals surface area contributed by atoms with Gasteiger partial charge >= 0.3 is 6.18 Å². The summed E-state index contributed by atoms with van der Waals surface area (Å²) in [5.74, 6) is 0. The van der Waals surface area contributed by atoms with Crippen LogP contribution in [0.3, 0.4) is 0 Å². The summed E-state index contributed by atoms with van der Waals surface area (Å²) in [5, 5.41) is 12.1. The summed E-state index contributed by atoms with van der Waals surface area (Å²) in [7, 11) is 0. The van der Waals surface area contributed by atoms with Crippen molar-refractivity contribution < 1.29 is 13.2 Å². The number of alkyl halides is 3. The van der Waals surface area contributed by atoms with Crippen LogP contribution in [0.4, 0.5) is 13.2 Å². The van der Waals surface area contributed by atoms with Crippen LogP contribution in [-0.2, 0) is 12.7 Å². The first-order chi connectivity index (χ1) is 8.49. The summed E-state index contributed by atoms with van der Waals surface area (Å²) in [6.45, 7) is 0.160. The second kappa shape index (κ2) is 4.49. The Balaban J connectivity index is 2.19. The molecule has 0 atom stereocenters. The molecule has 0 bridgehead atoms. The average Bonchev–Trinajstić information content (AvgIpc) is 2.77. The number of hydrogen-bond donors (Lipinski definition) is 0. The molecule has 0 aliphatic heterocycles. The lowest BCUT2D eigenvalue weighted by Crippen LogP contribution is -2.08. The second-order valence-electron chi connectivity index (χ2n) is 3.56.